The van der Waals surface area contributed by atoms with Gasteiger partial charge in [0, 0.05) is 13.6 Å². The number of aryl methyl sites for hydroxylation is 1. The minimum atomic E-state index is -0.976. The van der Waals surface area contributed by atoms with Gasteiger partial charge < -0.3 is 10.0 Å². The molecule has 1 N–H and O–H groups in total. The number of likely N-dealkylation sites (N-methyl/N-ethyl adjacent to an activating group) is 1. The van der Waals surface area contributed by atoms with Crippen molar-refractivity contribution >= 4 is 11.8 Å². The van der Waals surface area contributed by atoms with Crippen molar-refractivity contribution in [2.75, 3.05) is 18.5 Å². The Morgan fingerprint density at radius 2 is 2.10 bits per heavy atom. The summed E-state index contributed by atoms with van der Waals surface area (Å²) < 4.78 is 1.66. The summed E-state index contributed by atoms with van der Waals surface area (Å²) in [6.45, 7) is 5.93. The maximum atomic E-state index is 11.5. The molecule has 2 rings (SSSR count). The summed E-state index contributed by atoms with van der Waals surface area (Å²) in [5.74, 6) is -0.420. The second kappa shape index (κ2) is 5.61. The molecule has 0 aliphatic heterocycles. The molecule has 0 spiro atoms. The third kappa shape index (κ3) is 2.42. The van der Waals surface area contributed by atoms with E-state index >= 15 is 0 Å². The zero-order valence-electron chi connectivity index (χ0n) is 11.6. The molecular weight excluding hydrogens is 254 g/mol. The Morgan fingerprint density at radius 1 is 1.45 bits per heavy atom. The molecule has 1 aromatic heterocycles. The van der Waals surface area contributed by atoms with Crippen molar-refractivity contribution in [1.29, 1.82) is 0 Å². The lowest BCUT2D eigenvalue weighted by Crippen LogP contribution is -2.22. The summed E-state index contributed by atoms with van der Waals surface area (Å²) in [5.41, 5.74) is 1.54. The van der Waals surface area contributed by atoms with Crippen LogP contribution in [-0.2, 0) is 0 Å². The number of aromatic carboxylic acids is 1. The second-order valence-electron chi connectivity index (χ2n) is 4.51. The summed E-state index contributed by atoms with van der Waals surface area (Å²) in [5, 5.41) is 13.8. The molecule has 104 valence electrons. The first-order valence-electron chi connectivity index (χ1n) is 6.26. The van der Waals surface area contributed by atoms with E-state index in [0.29, 0.717) is 18.1 Å². The Balaban J connectivity index is 2.66. The third-order valence-electron chi connectivity index (χ3n) is 3.02. The number of nitrogens with zero attached hydrogens (tertiary/aromatic N) is 3. The number of para-hydroxylation sites is 1. The first-order valence-corrected chi connectivity index (χ1v) is 6.26. The number of benzene rings is 1. The Morgan fingerprint density at radius 3 is 2.65 bits per heavy atom. The quantitative estimate of drug-likeness (QED) is 0.849. The molecule has 0 amide bonds. The van der Waals surface area contributed by atoms with Crippen molar-refractivity contribution in [3.8, 4) is 5.69 Å². The highest BCUT2D eigenvalue weighted by molar-refractivity contribution is 5.95. The molecule has 0 fully saturated rings. The molecule has 0 atom stereocenters. The number of anilines is 1. The largest absolute Gasteiger partial charge is 0.477 e. The molecule has 0 aliphatic carbocycles. The lowest BCUT2D eigenvalue weighted by atomic mass is 10.2. The third-order valence-corrected chi connectivity index (χ3v) is 3.02. The van der Waals surface area contributed by atoms with Gasteiger partial charge in [0.2, 0.25) is 0 Å². The van der Waals surface area contributed by atoms with Gasteiger partial charge in [-0.15, -0.1) is 6.58 Å². The molecule has 0 unspecified atom stereocenters. The lowest BCUT2D eigenvalue weighted by molar-refractivity contribution is 0.0697. The van der Waals surface area contributed by atoms with Crippen molar-refractivity contribution in [3.05, 3.63) is 54.2 Å². The first-order chi connectivity index (χ1) is 9.56. The number of carbonyl (C=O) groups is 1. The van der Waals surface area contributed by atoms with E-state index in [1.807, 2.05) is 42.3 Å². The van der Waals surface area contributed by atoms with Crippen LogP contribution in [0, 0.1) is 6.92 Å². The molecule has 5 nitrogen and oxygen atoms in total. The van der Waals surface area contributed by atoms with Crippen LogP contribution in [0.5, 0.6) is 0 Å². The summed E-state index contributed by atoms with van der Waals surface area (Å²) in [7, 11) is 1.82. The Hall–Kier alpha value is -2.56. The van der Waals surface area contributed by atoms with Crippen molar-refractivity contribution < 1.29 is 9.90 Å². The normalized spacial score (nSPS) is 10.3. The Labute approximate surface area is 117 Å². The first kappa shape index (κ1) is 13.9. The monoisotopic (exact) mass is 271 g/mol. The predicted octanol–water partition coefficient (Wildman–Crippen LogP) is 2.50. The van der Waals surface area contributed by atoms with Crippen molar-refractivity contribution in [1.82, 2.24) is 9.78 Å². The molecule has 1 aromatic carbocycles. The van der Waals surface area contributed by atoms with Crippen molar-refractivity contribution in [2.45, 2.75) is 6.92 Å². The van der Waals surface area contributed by atoms with E-state index in [9.17, 15) is 9.90 Å². The van der Waals surface area contributed by atoms with E-state index in [1.54, 1.807) is 17.7 Å². The average Bonchev–Trinajstić information content (AvgIpc) is 2.78. The molecule has 20 heavy (non-hydrogen) atoms. The van der Waals surface area contributed by atoms with E-state index in [1.165, 1.54) is 0 Å². The van der Waals surface area contributed by atoms with Gasteiger partial charge >= 0.3 is 5.97 Å². The SMILES string of the molecule is C=CCN(C)c1c(C(=O)O)c(C)nn1-c1ccccc1. The smallest absolute Gasteiger partial charge is 0.341 e. The highest BCUT2D eigenvalue weighted by atomic mass is 16.4. The molecule has 5 heteroatoms. The number of hydrogen-bond acceptors (Lipinski definition) is 3. The van der Waals surface area contributed by atoms with E-state index in [0.717, 1.165) is 5.69 Å². The van der Waals surface area contributed by atoms with Crippen LogP contribution in [0.25, 0.3) is 5.69 Å². The van der Waals surface area contributed by atoms with Gasteiger partial charge in [-0.05, 0) is 19.1 Å². The molecule has 0 saturated carbocycles. The zero-order valence-corrected chi connectivity index (χ0v) is 11.6. The van der Waals surface area contributed by atoms with Gasteiger partial charge in [0.05, 0.1) is 11.4 Å². The highest BCUT2D eigenvalue weighted by Gasteiger charge is 2.24. The maximum Gasteiger partial charge on any atom is 0.341 e. The minimum absolute atomic E-state index is 0.221. The highest BCUT2D eigenvalue weighted by Crippen LogP contribution is 2.26. The van der Waals surface area contributed by atoms with Crippen LogP contribution >= 0.6 is 0 Å². The second-order valence-corrected chi connectivity index (χ2v) is 4.51. The van der Waals surface area contributed by atoms with E-state index < -0.39 is 5.97 Å². The fourth-order valence-electron chi connectivity index (χ4n) is 2.15. The van der Waals surface area contributed by atoms with Gasteiger partial charge in [-0.3, -0.25) is 0 Å². The van der Waals surface area contributed by atoms with Gasteiger partial charge in [0.15, 0.2) is 0 Å². The topological polar surface area (TPSA) is 58.4 Å². The molecule has 2 aromatic rings. The number of carboxylic acid groups (broad SMARTS) is 1. The Kier molecular flexibility index (Phi) is 3.89. The van der Waals surface area contributed by atoms with Gasteiger partial charge in [-0.2, -0.15) is 5.10 Å². The predicted molar refractivity (Wildman–Crippen MR) is 78.7 cm³/mol. The van der Waals surface area contributed by atoms with Crippen LogP contribution in [0.2, 0.25) is 0 Å². The van der Waals surface area contributed by atoms with Crippen LogP contribution < -0.4 is 4.90 Å². The number of rotatable bonds is 5. The number of hydrogen-bond donors (Lipinski definition) is 1. The summed E-state index contributed by atoms with van der Waals surface area (Å²) in [6, 6.07) is 9.48. The summed E-state index contributed by atoms with van der Waals surface area (Å²) in [6.07, 6.45) is 1.73. The maximum absolute atomic E-state index is 11.5. The van der Waals surface area contributed by atoms with Gasteiger partial charge in [0.25, 0.3) is 0 Å². The Bertz CT molecular complexity index is 632. The van der Waals surface area contributed by atoms with Crippen LogP contribution in [0.3, 0.4) is 0 Å². The van der Waals surface area contributed by atoms with E-state index in [2.05, 4.69) is 11.7 Å². The molecular formula is C15H17N3O2. The minimum Gasteiger partial charge on any atom is -0.477 e. The van der Waals surface area contributed by atoms with Crippen LogP contribution in [-0.4, -0.2) is 34.4 Å². The fraction of sp³-hybridized carbons (Fsp3) is 0.200. The molecule has 0 radical (unpaired) electrons. The average molecular weight is 271 g/mol. The van der Waals surface area contributed by atoms with Crippen LogP contribution in [0.15, 0.2) is 43.0 Å². The number of carboxylic acids is 1. The summed E-state index contributed by atoms with van der Waals surface area (Å²) >= 11 is 0. The fourth-order valence-corrected chi connectivity index (χ4v) is 2.15. The zero-order chi connectivity index (χ0) is 14.7. The van der Waals surface area contributed by atoms with Gasteiger partial charge in [-0.25, -0.2) is 9.48 Å². The van der Waals surface area contributed by atoms with Crippen molar-refractivity contribution in [2.24, 2.45) is 0 Å². The van der Waals surface area contributed by atoms with Crippen LogP contribution in [0.1, 0.15) is 16.1 Å². The van der Waals surface area contributed by atoms with E-state index in [-0.39, 0.29) is 5.56 Å². The van der Waals surface area contributed by atoms with Crippen molar-refractivity contribution in [3.63, 3.8) is 0 Å². The molecule has 0 aliphatic rings. The number of aromatic nitrogens is 2. The molecule has 1 heterocycles. The van der Waals surface area contributed by atoms with Gasteiger partial charge in [0.1, 0.15) is 11.4 Å². The van der Waals surface area contributed by atoms with Gasteiger partial charge in [-0.1, -0.05) is 24.3 Å². The standard InChI is InChI=1S/C15H17N3O2/c1-4-10-17(3)14-13(15(19)20)11(2)16-18(14)12-8-6-5-7-9-12/h4-9H,1,10H2,2-3H3,(H,19,20). The van der Waals surface area contributed by atoms with E-state index in [4.69, 9.17) is 0 Å². The molecule has 0 bridgehead atoms. The summed E-state index contributed by atoms with van der Waals surface area (Å²) in [4.78, 5) is 13.3. The lowest BCUT2D eigenvalue weighted by Gasteiger charge is -2.19. The molecule has 0 saturated heterocycles. The van der Waals surface area contributed by atoms with Crippen LogP contribution in [0.4, 0.5) is 5.82 Å².